The van der Waals surface area contributed by atoms with Crippen LogP contribution < -0.4 is 4.72 Å². The number of likely N-dealkylation sites (tertiary alicyclic amines) is 1. The van der Waals surface area contributed by atoms with Crippen LogP contribution in [0.2, 0.25) is 0 Å². The Morgan fingerprint density at radius 3 is 2.11 bits per heavy atom. The lowest BCUT2D eigenvalue weighted by atomic mass is 9.83. The number of rotatable bonds is 10. The summed E-state index contributed by atoms with van der Waals surface area (Å²) in [6, 6.07) is 21.2. The van der Waals surface area contributed by atoms with E-state index in [4.69, 9.17) is 4.74 Å². The third-order valence-corrected chi connectivity index (χ3v) is 9.13. The largest absolute Gasteiger partial charge is 0.377 e. The highest BCUT2D eigenvalue weighted by molar-refractivity contribution is 7.88. The van der Waals surface area contributed by atoms with Gasteiger partial charge in [0.2, 0.25) is 10.0 Å². The highest BCUT2D eigenvalue weighted by Gasteiger charge is 2.50. The molecule has 1 N–H and O–H groups in total. The maximum Gasteiger partial charge on any atom is 0.209 e. The van der Waals surface area contributed by atoms with Crippen molar-refractivity contribution < 1.29 is 13.2 Å². The average molecular weight is 499 g/mol. The summed E-state index contributed by atoms with van der Waals surface area (Å²) in [5.74, 6) is 0.615. The van der Waals surface area contributed by atoms with Crippen LogP contribution in [0.4, 0.5) is 0 Å². The number of nitrogens with one attached hydrogen (secondary N) is 1. The van der Waals surface area contributed by atoms with Crippen LogP contribution in [0, 0.1) is 0 Å². The first kappa shape index (κ1) is 26.3. The normalized spacial score (nSPS) is 27.2. The Hall–Kier alpha value is -1.73. The number of benzene rings is 2. The van der Waals surface area contributed by atoms with Crippen LogP contribution in [0.25, 0.3) is 0 Å². The third kappa shape index (κ3) is 6.53. The fourth-order valence-electron chi connectivity index (χ4n) is 6.37. The first-order valence-electron chi connectivity index (χ1n) is 13.3. The van der Waals surface area contributed by atoms with Gasteiger partial charge in [-0.2, -0.15) is 0 Å². The molecule has 35 heavy (non-hydrogen) atoms. The van der Waals surface area contributed by atoms with Crippen molar-refractivity contribution in [3.05, 3.63) is 71.8 Å². The molecule has 1 aliphatic heterocycles. The monoisotopic (exact) mass is 498 g/mol. The van der Waals surface area contributed by atoms with Crippen LogP contribution in [-0.2, 0) is 21.3 Å². The van der Waals surface area contributed by atoms with Gasteiger partial charge in [0.15, 0.2) is 0 Å². The quantitative estimate of drug-likeness (QED) is 0.471. The van der Waals surface area contributed by atoms with Crippen molar-refractivity contribution in [3.63, 3.8) is 0 Å². The summed E-state index contributed by atoms with van der Waals surface area (Å²) in [7, 11) is -3.32. The van der Waals surface area contributed by atoms with E-state index in [9.17, 15) is 8.42 Å². The van der Waals surface area contributed by atoms with Crippen LogP contribution in [0.1, 0.15) is 75.8 Å². The second kappa shape index (κ2) is 11.5. The predicted molar refractivity (Wildman–Crippen MR) is 143 cm³/mol. The Bertz CT molecular complexity index is 1020. The number of sulfonamides is 1. The number of ether oxygens (including phenoxy) is 1. The number of hydrogen-bond acceptors (Lipinski definition) is 4. The lowest BCUT2D eigenvalue weighted by molar-refractivity contribution is -0.0255. The molecular formula is C29H42N2O3S. The molecule has 5 nitrogen and oxygen atoms in total. The average Bonchev–Trinajstić information content (AvgIpc) is 3.15. The molecule has 0 aromatic heterocycles. The molecule has 1 saturated heterocycles. The van der Waals surface area contributed by atoms with Gasteiger partial charge in [0.05, 0.1) is 25.0 Å². The maximum absolute atomic E-state index is 12.3. The molecule has 0 radical (unpaired) electrons. The summed E-state index contributed by atoms with van der Waals surface area (Å²) in [6.07, 6.45) is 8.70. The van der Waals surface area contributed by atoms with Crippen LogP contribution >= 0.6 is 0 Å². The molecule has 0 spiro atoms. The number of nitrogens with zero attached hydrogens (tertiary/aromatic N) is 1. The Balaban J connectivity index is 1.48. The van der Waals surface area contributed by atoms with Crippen molar-refractivity contribution in [1.82, 2.24) is 9.62 Å². The van der Waals surface area contributed by atoms with Gasteiger partial charge in [-0.15, -0.1) is 0 Å². The van der Waals surface area contributed by atoms with Gasteiger partial charge < -0.3 is 4.74 Å². The highest BCUT2D eigenvalue weighted by atomic mass is 32.2. The van der Waals surface area contributed by atoms with Gasteiger partial charge >= 0.3 is 0 Å². The van der Waals surface area contributed by atoms with Gasteiger partial charge in [-0.05, 0) is 62.0 Å². The summed E-state index contributed by atoms with van der Waals surface area (Å²) in [4.78, 5) is 2.54. The molecule has 1 saturated carbocycles. The Morgan fingerprint density at radius 1 is 0.943 bits per heavy atom. The number of hydrogen-bond donors (Lipinski definition) is 1. The van der Waals surface area contributed by atoms with Gasteiger partial charge in [-0.1, -0.05) is 74.5 Å². The molecule has 0 bridgehead atoms. The SMILES string of the molecule is CCC1(CC)C[C@@H](NS(C)(=O)=O)[C@@H](COC2CCC(c3ccccc3)CC2)N1Cc1ccccc1. The van der Waals surface area contributed by atoms with Crippen molar-refractivity contribution in [3.8, 4) is 0 Å². The molecule has 1 aliphatic carbocycles. The lowest BCUT2D eigenvalue weighted by Crippen LogP contribution is -2.50. The van der Waals surface area contributed by atoms with Crippen molar-refractivity contribution in [1.29, 1.82) is 0 Å². The second-order valence-corrected chi connectivity index (χ2v) is 12.3. The Morgan fingerprint density at radius 2 is 1.54 bits per heavy atom. The molecule has 0 unspecified atom stereocenters. The van der Waals surface area contributed by atoms with Crippen LogP contribution in [0.15, 0.2) is 60.7 Å². The molecule has 6 heteroatoms. The topological polar surface area (TPSA) is 58.6 Å². The van der Waals surface area contributed by atoms with Crippen LogP contribution in [0.3, 0.4) is 0 Å². The van der Waals surface area contributed by atoms with E-state index in [0.717, 1.165) is 51.5 Å². The van der Waals surface area contributed by atoms with E-state index in [1.165, 1.54) is 17.4 Å². The molecule has 2 atom stereocenters. The molecule has 1 heterocycles. The zero-order chi connectivity index (χ0) is 24.9. The Labute approximate surface area is 212 Å². The fourth-order valence-corrected chi connectivity index (χ4v) is 7.16. The van der Waals surface area contributed by atoms with Gasteiger partial charge in [-0.3, -0.25) is 4.90 Å². The van der Waals surface area contributed by atoms with Gasteiger partial charge in [0.25, 0.3) is 0 Å². The molecule has 2 aliphatic rings. The minimum atomic E-state index is -3.32. The predicted octanol–water partition coefficient (Wildman–Crippen LogP) is 5.48. The molecule has 0 amide bonds. The zero-order valence-electron chi connectivity index (χ0n) is 21.5. The summed E-state index contributed by atoms with van der Waals surface area (Å²) < 4.78 is 34.1. The van der Waals surface area contributed by atoms with Crippen LogP contribution in [-0.4, -0.2) is 49.9 Å². The minimum absolute atomic E-state index is 0.0108. The van der Waals surface area contributed by atoms with E-state index in [-0.39, 0.29) is 23.7 Å². The van der Waals surface area contributed by atoms with E-state index in [2.05, 4.69) is 78.1 Å². The molecule has 2 aromatic rings. The molecule has 2 aromatic carbocycles. The summed E-state index contributed by atoms with van der Waals surface area (Å²) >= 11 is 0. The summed E-state index contributed by atoms with van der Waals surface area (Å²) in [5, 5.41) is 0. The lowest BCUT2D eigenvalue weighted by Gasteiger charge is -2.41. The summed E-state index contributed by atoms with van der Waals surface area (Å²) in [6.45, 7) is 5.82. The van der Waals surface area contributed by atoms with E-state index in [1.54, 1.807) is 0 Å². The first-order valence-corrected chi connectivity index (χ1v) is 15.2. The van der Waals surface area contributed by atoms with E-state index < -0.39 is 10.0 Å². The van der Waals surface area contributed by atoms with Crippen molar-refractivity contribution in [2.24, 2.45) is 0 Å². The molecule has 2 fully saturated rings. The summed E-state index contributed by atoms with van der Waals surface area (Å²) in [5.41, 5.74) is 2.65. The second-order valence-electron chi connectivity index (χ2n) is 10.5. The molecule has 192 valence electrons. The smallest absolute Gasteiger partial charge is 0.209 e. The van der Waals surface area contributed by atoms with Crippen molar-refractivity contribution >= 4 is 10.0 Å². The first-order chi connectivity index (χ1) is 16.8. The van der Waals surface area contributed by atoms with Gasteiger partial charge in [0.1, 0.15) is 0 Å². The van der Waals surface area contributed by atoms with Gasteiger partial charge in [0, 0.05) is 18.1 Å². The van der Waals surface area contributed by atoms with Gasteiger partial charge in [-0.25, -0.2) is 13.1 Å². The third-order valence-electron chi connectivity index (χ3n) is 8.40. The van der Waals surface area contributed by atoms with Crippen LogP contribution in [0.5, 0.6) is 0 Å². The molecule has 4 rings (SSSR count). The van der Waals surface area contributed by atoms with E-state index >= 15 is 0 Å². The van der Waals surface area contributed by atoms with Crippen molar-refractivity contribution in [2.45, 2.75) is 95.0 Å². The zero-order valence-corrected chi connectivity index (χ0v) is 22.3. The van der Waals surface area contributed by atoms with Crippen molar-refractivity contribution in [2.75, 3.05) is 12.9 Å². The maximum atomic E-state index is 12.3. The standard InChI is InChI=1S/C29H42N2O3S/c1-4-29(5-2)20-27(30-35(3,32)33)28(31(29)21-23-12-8-6-9-13-23)22-34-26-18-16-25(17-19-26)24-14-10-7-11-15-24/h6-15,25-28,30H,4-5,16-22H2,1-3H3/t25?,26?,27-,28-/m1/s1. The minimum Gasteiger partial charge on any atom is -0.377 e. The fraction of sp³-hybridized carbons (Fsp3) is 0.586. The Kier molecular flexibility index (Phi) is 8.69. The van der Waals surface area contributed by atoms with E-state index in [1.807, 2.05) is 6.07 Å². The molecular weight excluding hydrogens is 456 g/mol. The van der Waals surface area contributed by atoms with E-state index in [0.29, 0.717) is 12.5 Å². The highest BCUT2D eigenvalue weighted by Crippen LogP contribution is 2.42.